The summed E-state index contributed by atoms with van der Waals surface area (Å²) in [5, 5.41) is 8.74. The number of carbonyl (C=O) groups excluding carboxylic acids is 5. The van der Waals surface area contributed by atoms with Crippen molar-refractivity contribution >= 4 is 29.5 Å². The molecule has 2 heterocycles. The number of benzene rings is 2. The van der Waals surface area contributed by atoms with Crippen LogP contribution in [0.15, 0.2) is 48.5 Å². The minimum atomic E-state index is -1.00. The molecule has 12 heteroatoms. The fraction of sp³-hybridized carbons (Fsp3) is 0.528. The summed E-state index contributed by atoms with van der Waals surface area (Å²) in [6.07, 6.45) is 3.13. The molecule has 2 aromatic carbocycles. The van der Waals surface area contributed by atoms with Crippen molar-refractivity contribution in [1.29, 1.82) is 0 Å². The monoisotopic (exact) mass is 663 g/mol. The van der Waals surface area contributed by atoms with Crippen LogP contribution in [0.5, 0.6) is 11.5 Å². The molecule has 2 aliphatic heterocycles. The van der Waals surface area contributed by atoms with Gasteiger partial charge in [-0.1, -0.05) is 38.1 Å². The Labute approximate surface area is 282 Å². The number of para-hydroxylation sites is 1. The second-order valence-electron chi connectivity index (χ2n) is 13.0. The second-order valence-corrected chi connectivity index (χ2v) is 13.0. The van der Waals surface area contributed by atoms with Crippen LogP contribution >= 0.6 is 0 Å². The van der Waals surface area contributed by atoms with Crippen LogP contribution in [0.3, 0.4) is 0 Å². The van der Waals surface area contributed by atoms with Gasteiger partial charge >= 0.3 is 0 Å². The minimum absolute atomic E-state index is 0.0431. The van der Waals surface area contributed by atoms with Gasteiger partial charge in [0, 0.05) is 26.6 Å². The van der Waals surface area contributed by atoms with Crippen LogP contribution in [0.2, 0.25) is 0 Å². The Hall–Kier alpha value is -4.61. The van der Waals surface area contributed by atoms with Crippen molar-refractivity contribution in [1.82, 2.24) is 25.8 Å². The number of methoxy groups -OCH3 is 1. The first-order chi connectivity index (χ1) is 23.0. The van der Waals surface area contributed by atoms with Crippen LogP contribution in [0.1, 0.15) is 68.3 Å². The topological polar surface area (TPSA) is 146 Å². The van der Waals surface area contributed by atoms with E-state index in [2.05, 4.69) is 16.0 Å². The maximum absolute atomic E-state index is 13.6. The van der Waals surface area contributed by atoms with E-state index in [1.54, 1.807) is 38.4 Å². The Kier molecular flexibility index (Phi) is 13.2. The van der Waals surface area contributed by atoms with Crippen LogP contribution < -0.4 is 25.4 Å². The van der Waals surface area contributed by atoms with E-state index >= 15 is 0 Å². The molecule has 2 aromatic rings. The number of likely N-dealkylation sites (N-methyl/N-ethyl adjacent to an activating group) is 1. The van der Waals surface area contributed by atoms with Gasteiger partial charge in [0.2, 0.25) is 23.6 Å². The summed E-state index contributed by atoms with van der Waals surface area (Å²) in [5.41, 5.74) is 1.31. The molecular formula is C36H49N5O7. The molecule has 3 N–H and O–H groups in total. The largest absolute Gasteiger partial charge is 0.497 e. The lowest BCUT2D eigenvalue weighted by molar-refractivity contribution is -0.144. The van der Waals surface area contributed by atoms with Gasteiger partial charge in [-0.05, 0) is 74.3 Å². The van der Waals surface area contributed by atoms with Crippen LogP contribution in [-0.2, 0) is 25.6 Å². The number of hydrogen-bond acceptors (Lipinski definition) is 7. The van der Waals surface area contributed by atoms with Crippen molar-refractivity contribution in [3.8, 4) is 11.5 Å². The third kappa shape index (κ3) is 10.2. The van der Waals surface area contributed by atoms with Gasteiger partial charge in [0.05, 0.1) is 25.3 Å². The first kappa shape index (κ1) is 36.2. The average Bonchev–Trinajstić information content (AvgIpc) is 3.56. The van der Waals surface area contributed by atoms with E-state index in [0.717, 1.165) is 17.7 Å². The normalized spacial score (nSPS) is 21.3. The molecule has 0 spiro atoms. The second kappa shape index (κ2) is 17.5. The SMILES string of the molecule is COc1cccc(CCCNC(=O)[C@@H]2CCC(=O)N3CCC[C@H]3C(=O)N(C)CC(=O)N[C@@H](CC(C)C)COc3ccccc3C(=O)N2)c1. The quantitative estimate of drug-likeness (QED) is 0.368. The third-order valence-corrected chi connectivity index (χ3v) is 8.65. The van der Waals surface area contributed by atoms with E-state index < -0.39 is 23.9 Å². The predicted molar refractivity (Wildman–Crippen MR) is 181 cm³/mol. The minimum Gasteiger partial charge on any atom is -0.497 e. The zero-order valence-electron chi connectivity index (χ0n) is 28.5. The van der Waals surface area contributed by atoms with E-state index in [1.807, 2.05) is 38.1 Å². The van der Waals surface area contributed by atoms with Crippen molar-refractivity contribution in [2.75, 3.05) is 40.4 Å². The highest BCUT2D eigenvalue weighted by Crippen LogP contribution is 2.23. The summed E-state index contributed by atoms with van der Waals surface area (Å²) >= 11 is 0. The standard InChI is InChI=1S/C36H49N5O7/c1-24(2)20-26-23-48-31-15-6-5-13-28(31)34(44)39-29(35(45)37-18-8-11-25-10-7-12-27(21-25)47-4)16-17-33(43)41-19-9-14-30(41)36(46)40(3)22-32(42)38-26/h5-7,10,12-13,15,21,24,26,29-30H,8-9,11,14,16-20,22-23H2,1-4H3,(H,37,45)(H,38,42)(H,39,44)/t26-,29-,30-/m0/s1. The van der Waals surface area contributed by atoms with Gasteiger partial charge in [-0.15, -0.1) is 0 Å². The van der Waals surface area contributed by atoms with E-state index in [4.69, 9.17) is 9.47 Å². The molecule has 0 radical (unpaired) electrons. The summed E-state index contributed by atoms with van der Waals surface area (Å²) in [6.45, 7) is 4.78. The lowest BCUT2D eigenvalue weighted by Crippen LogP contribution is -2.51. The molecule has 5 amide bonds. The Morgan fingerprint density at radius 2 is 1.85 bits per heavy atom. The van der Waals surface area contributed by atoms with E-state index in [9.17, 15) is 24.0 Å². The molecule has 12 nitrogen and oxygen atoms in total. The number of rotatable bonds is 8. The van der Waals surface area contributed by atoms with E-state index in [-0.39, 0.29) is 61.2 Å². The summed E-state index contributed by atoms with van der Waals surface area (Å²) < 4.78 is 11.4. The summed E-state index contributed by atoms with van der Waals surface area (Å²) in [7, 11) is 3.18. The zero-order valence-corrected chi connectivity index (χ0v) is 28.5. The lowest BCUT2D eigenvalue weighted by Gasteiger charge is -2.29. The Bertz CT molecular complexity index is 1450. The number of nitrogens with one attached hydrogen (secondary N) is 3. The van der Waals surface area contributed by atoms with Crippen LogP contribution in [0, 0.1) is 5.92 Å². The summed E-state index contributed by atoms with van der Waals surface area (Å²) in [6, 6.07) is 12.4. The fourth-order valence-electron chi connectivity index (χ4n) is 6.22. The highest BCUT2D eigenvalue weighted by Gasteiger charge is 2.36. The molecule has 0 bridgehead atoms. The van der Waals surface area contributed by atoms with Crippen molar-refractivity contribution in [3.05, 3.63) is 59.7 Å². The molecule has 260 valence electrons. The van der Waals surface area contributed by atoms with Gasteiger partial charge in [-0.25, -0.2) is 0 Å². The average molecular weight is 664 g/mol. The number of ether oxygens (including phenoxy) is 2. The van der Waals surface area contributed by atoms with Crippen molar-refractivity contribution in [2.45, 2.75) is 76.9 Å². The smallest absolute Gasteiger partial charge is 0.255 e. The van der Waals surface area contributed by atoms with Gasteiger partial charge < -0.3 is 35.2 Å². The van der Waals surface area contributed by atoms with Crippen molar-refractivity contribution in [3.63, 3.8) is 0 Å². The van der Waals surface area contributed by atoms with Crippen LogP contribution in [0.4, 0.5) is 0 Å². The highest BCUT2D eigenvalue weighted by molar-refractivity contribution is 6.00. The van der Waals surface area contributed by atoms with Gasteiger partial charge in [0.25, 0.3) is 5.91 Å². The van der Waals surface area contributed by atoms with Gasteiger partial charge in [-0.3, -0.25) is 24.0 Å². The molecular weight excluding hydrogens is 614 g/mol. The third-order valence-electron chi connectivity index (χ3n) is 8.65. The molecule has 1 saturated heterocycles. The molecule has 0 unspecified atom stereocenters. The Morgan fingerprint density at radius 1 is 1.06 bits per heavy atom. The molecule has 3 atom stereocenters. The first-order valence-corrected chi connectivity index (χ1v) is 16.8. The predicted octanol–water partition coefficient (Wildman–Crippen LogP) is 2.70. The molecule has 1 fully saturated rings. The number of amides is 5. The van der Waals surface area contributed by atoms with E-state index in [0.29, 0.717) is 44.5 Å². The van der Waals surface area contributed by atoms with Crippen molar-refractivity contribution < 1.29 is 33.4 Å². The number of aryl methyl sites for hydroxylation is 1. The van der Waals surface area contributed by atoms with Gasteiger partial charge in [0.1, 0.15) is 30.2 Å². The lowest BCUT2D eigenvalue weighted by atomic mass is 10.0. The fourth-order valence-corrected chi connectivity index (χ4v) is 6.22. The molecule has 0 aromatic heterocycles. The molecule has 2 aliphatic rings. The highest BCUT2D eigenvalue weighted by atomic mass is 16.5. The summed E-state index contributed by atoms with van der Waals surface area (Å²) in [5.74, 6) is -0.530. The van der Waals surface area contributed by atoms with Crippen LogP contribution in [0.25, 0.3) is 0 Å². The number of fused-ring (bicyclic) bond motifs is 2. The number of carbonyl (C=O) groups is 5. The van der Waals surface area contributed by atoms with Gasteiger partial charge in [0.15, 0.2) is 0 Å². The molecule has 0 saturated carbocycles. The zero-order chi connectivity index (χ0) is 34.6. The molecule has 48 heavy (non-hydrogen) atoms. The van der Waals surface area contributed by atoms with Crippen molar-refractivity contribution in [2.24, 2.45) is 5.92 Å². The number of nitrogens with zero attached hydrogens (tertiary/aromatic N) is 2. The summed E-state index contributed by atoms with van der Waals surface area (Å²) in [4.78, 5) is 69.9. The number of hydrogen-bond donors (Lipinski definition) is 3. The maximum Gasteiger partial charge on any atom is 0.255 e. The molecule has 0 aliphatic carbocycles. The van der Waals surface area contributed by atoms with Gasteiger partial charge in [-0.2, -0.15) is 0 Å². The Morgan fingerprint density at radius 3 is 2.62 bits per heavy atom. The maximum atomic E-state index is 13.6. The Balaban J connectivity index is 1.54. The first-order valence-electron chi connectivity index (χ1n) is 16.8. The molecule has 4 rings (SSSR count). The van der Waals surface area contributed by atoms with E-state index in [1.165, 1.54) is 9.80 Å². The van der Waals surface area contributed by atoms with Crippen LogP contribution in [-0.4, -0.2) is 97.9 Å².